The van der Waals surface area contributed by atoms with Crippen LogP contribution < -0.4 is 10.6 Å². The van der Waals surface area contributed by atoms with Crippen LogP contribution in [0.5, 0.6) is 0 Å². The van der Waals surface area contributed by atoms with Gasteiger partial charge in [0.25, 0.3) is 0 Å². The number of hydrogen-bond donors (Lipinski definition) is 2. The third kappa shape index (κ3) is 2.15. The van der Waals surface area contributed by atoms with Gasteiger partial charge in [0.05, 0.1) is 6.04 Å². The molecule has 1 saturated carbocycles. The van der Waals surface area contributed by atoms with Crippen LogP contribution in [0.15, 0.2) is 18.2 Å². The van der Waals surface area contributed by atoms with Gasteiger partial charge in [0.2, 0.25) is 5.91 Å². The lowest BCUT2D eigenvalue weighted by Crippen LogP contribution is -2.44. The summed E-state index contributed by atoms with van der Waals surface area (Å²) in [6, 6.07) is 5.68. The number of pyridine rings is 1. The van der Waals surface area contributed by atoms with Crippen LogP contribution in [0.1, 0.15) is 19.3 Å². The maximum absolute atomic E-state index is 12.1. The highest BCUT2D eigenvalue weighted by Crippen LogP contribution is 2.35. The van der Waals surface area contributed by atoms with Gasteiger partial charge in [0, 0.05) is 6.04 Å². The van der Waals surface area contributed by atoms with Crippen LogP contribution in [0.25, 0.3) is 0 Å². The molecule has 3 rings (SSSR count). The number of nitrogens with one attached hydrogen (secondary N) is 2. The van der Waals surface area contributed by atoms with Gasteiger partial charge in [-0.2, -0.15) is 0 Å². The second kappa shape index (κ2) is 4.27. The SMILES string of the molecule is O=C(Nc1cccc(Cl)n1)C1NC2CCC1C2. The summed E-state index contributed by atoms with van der Waals surface area (Å²) >= 11 is 5.77. The zero-order valence-electron chi connectivity index (χ0n) is 9.32. The topological polar surface area (TPSA) is 54.0 Å². The number of amides is 1. The van der Waals surface area contributed by atoms with Crippen molar-refractivity contribution in [1.82, 2.24) is 10.3 Å². The van der Waals surface area contributed by atoms with Crippen LogP contribution in [-0.2, 0) is 4.79 Å². The van der Waals surface area contributed by atoms with Crippen molar-refractivity contribution in [2.45, 2.75) is 31.3 Å². The second-order valence-electron chi connectivity index (χ2n) is 4.75. The molecule has 1 aromatic heterocycles. The molecular formula is C12H14ClN3O. The summed E-state index contributed by atoms with van der Waals surface area (Å²) in [4.78, 5) is 16.1. The Labute approximate surface area is 105 Å². The zero-order chi connectivity index (χ0) is 11.8. The number of piperidine rings is 1. The third-order valence-electron chi connectivity index (χ3n) is 3.61. The Kier molecular flexibility index (Phi) is 2.76. The minimum absolute atomic E-state index is 0.00645. The Morgan fingerprint density at radius 3 is 3.00 bits per heavy atom. The quantitative estimate of drug-likeness (QED) is 0.789. The molecule has 1 aromatic rings. The van der Waals surface area contributed by atoms with Gasteiger partial charge in [0.15, 0.2) is 0 Å². The lowest BCUT2D eigenvalue weighted by atomic mass is 9.99. The highest BCUT2D eigenvalue weighted by atomic mass is 35.5. The van der Waals surface area contributed by atoms with Crippen molar-refractivity contribution in [3.63, 3.8) is 0 Å². The minimum Gasteiger partial charge on any atom is -0.309 e. The van der Waals surface area contributed by atoms with E-state index in [1.807, 2.05) is 0 Å². The van der Waals surface area contributed by atoms with Crippen molar-refractivity contribution in [2.75, 3.05) is 5.32 Å². The van der Waals surface area contributed by atoms with Gasteiger partial charge in [-0.25, -0.2) is 4.98 Å². The molecule has 3 unspecified atom stereocenters. The molecule has 1 amide bonds. The first kappa shape index (κ1) is 11.0. The number of aromatic nitrogens is 1. The fraction of sp³-hybridized carbons (Fsp3) is 0.500. The fourth-order valence-corrected chi connectivity index (χ4v) is 3.00. The number of carbonyl (C=O) groups is 1. The zero-order valence-corrected chi connectivity index (χ0v) is 10.1. The maximum Gasteiger partial charge on any atom is 0.242 e. The summed E-state index contributed by atoms with van der Waals surface area (Å²) in [6.45, 7) is 0. The van der Waals surface area contributed by atoms with E-state index in [1.165, 1.54) is 6.42 Å². The number of hydrogen-bond acceptors (Lipinski definition) is 3. The molecule has 0 aromatic carbocycles. The van der Waals surface area contributed by atoms with Gasteiger partial charge < -0.3 is 10.6 Å². The standard InChI is InChI=1S/C12H14ClN3O/c13-9-2-1-3-10(15-9)16-12(17)11-7-4-5-8(6-7)14-11/h1-3,7-8,11,14H,4-6H2,(H,15,16,17). The van der Waals surface area contributed by atoms with E-state index >= 15 is 0 Å². The van der Waals surface area contributed by atoms with E-state index in [4.69, 9.17) is 11.6 Å². The Morgan fingerprint density at radius 1 is 1.47 bits per heavy atom. The lowest BCUT2D eigenvalue weighted by molar-refractivity contribution is -0.119. The molecule has 2 bridgehead atoms. The second-order valence-corrected chi connectivity index (χ2v) is 5.14. The van der Waals surface area contributed by atoms with Gasteiger partial charge in [-0.05, 0) is 37.3 Å². The van der Waals surface area contributed by atoms with Gasteiger partial charge in [-0.1, -0.05) is 17.7 Å². The van der Waals surface area contributed by atoms with Crippen LogP contribution in [-0.4, -0.2) is 23.0 Å². The van der Waals surface area contributed by atoms with Gasteiger partial charge in [-0.3, -0.25) is 4.79 Å². The molecule has 2 aliphatic rings. The number of rotatable bonds is 2. The van der Waals surface area contributed by atoms with E-state index in [9.17, 15) is 4.79 Å². The number of halogens is 1. The number of carbonyl (C=O) groups excluding carboxylic acids is 1. The van der Waals surface area contributed by atoms with Gasteiger partial charge >= 0.3 is 0 Å². The summed E-state index contributed by atoms with van der Waals surface area (Å²) in [6.07, 6.45) is 3.48. The van der Waals surface area contributed by atoms with Crippen molar-refractivity contribution in [3.8, 4) is 0 Å². The van der Waals surface area contributed by atoms with E-state index in [1.54, 1.807) is 18.2 Å². The summed E-state index contributed by atoms with van der Waals surface area (Å²) in [5.41, 5.74) is 0. The van der Waals surface area contributed by atoms with Crippen LogP contribution >= 0.6 is 11.6 Å². The molecule has 0 radical (unpaired) electrons. The van der Waals surface area contributed by atoms with Crippen molar-refractivity contribution in [1.29, 1.82) is 0 Å². The Bertz CT molecular complexity index is 451. The number of anilines is 1. The Morgan fingerprint density at radius 2 is 2.35 bits per heavy atom. The first-order chi connectivity index (χ1) is 8.22. The van der Waals surface area contributed by atoms with E-state index in [-0.39, 0.29) is 11.9 Å². The molecule has 90 valence electrons. The first-order valence-corrected chi connectivity index (χ1v) is 6.29. The first-order valence-electron chi connectivity index (χ1n) is 5.92. The number of nitrogens with zero attached hydrogens (tertiary/aromatic N) is 1. The molecule has 4 nitrogen and oxygen atoms in total. The highest BCUT2D eigenvalue weighted by Gasteiger charge is 2.42. The average Bonchev–Trinajstić information content (AvgIpc) is 2.90. The van der Waals surface area contributed by atoms with Gasteiger partial charge in [-0.15, -0.1) is 0 Å². The lowest BCUT2D eigenvalue weighted by Gasteiger charge is -2.21. The maximum atomic E-state index is 12.1. The molecule has 17 heavy (non-hydrogen) atoms. The van der Waals surface area contributed by atoms with E-state index in [0.717, 1.165) is 12.8 Å². The van der Waals surface area contributed by atoms with Crippen LogP contribution in [0, 0.1) is 5.92 Å². The fourth-order valence-electron chi connectivity index (χ4n) is 2.83. The third-order valence-corrected chi connectivity index (χ3v) is 3.82. The smallest absolute Gasteiger partial charge is 0.242 e. The molecular weight excluding hydrogens is 238 g/mol. The molecule has 1 saturated heterocycles. The van der Waals surface area contributed by atoms with E-state index in [2.05, 4.69) is 15.6 Å². The minimum atomic E-state index is -0.0606. The summed E-state index contributed by atoms with van der Waals surface area (Å²) in [7, 11) is 0. The van der Waals surface area contributed by atoms with E-state index < -0.39 is 0 Å². The average molecular weight is 252 g/mol. The van der Waals surface area contributed by atoms with Crippen molar-refractivity contribution < 1.29 is 4.79 Å². The molecule has 3 atom stereocenters. The molecule has 2 fully saturated rings. The predicted octanol–water partition coefficient (Wildman–Crippen LogP) is 1.81. The highest BCUT2D eigenvalue weighted by molar-refractivity contribution is 6.29. The monoisotopic (exact) mass is 251 g/mol. The predicted molar refractivity (Wildman–Crippen MR) is 65.9 cm³/mol. The summed E-state index contributed by atoms with van der Waals surface area (Å²) < 4.78 is 0. The number of fused-ring (bicyclic) bond motifs is 2. The molecule has 1 aliphatic heterocycles. The molecule has 5 heteroatoms. The van der Waals surface area contributed by atoms with Gasteiger partial charge in [0.1, 0.15) is 11.0 Å². The molecule has 0 spiro atoms. The Hall–Kier alpha value is -1.13. The van der Waals surface area contributed by atoms with Crippen molar-refractivity contribution >= 4 is 23.3 Å². The van der Waals surface area contributed by atoms with Crippen LogP contribution in [0.2, 0.25) is 5.15 Å². The molecule has 1 aliphatic carbocycles. The van der Waals surface area contributed by atoms with E-state index in [0.29, 0.717) is 22.9 Å². The van der Waals surface area contributed by atoms with Crippen LogP contribution in [0.3, 0.4) is 0 Å². The largest absolute Gasteiger partial charge is 0.309 e. The summed E-state index contributed by atoms with van der Waals surface area (Å²) in [5.74, 6) is 1.01. The Balaban J connectivity index is 1.68. The molecule has 2 N–H and O–H groups in total. The normalized spacial score (nSPS) is 30.5. The van der Waals surface area contributed by atoms with Crippen molar-refractivity contribution in [3.05, 3.63) is 23.4 Å². The van der Waals surface area contributed by atoms with Crippen LogP contribution in [0.4, 0.5) is 5.82 Å². The molecule has 2 heterocycles. The summed E-state index contributed by atoms with van der Waals surface area (Å²) in [5, 5.41) is 6.56. The van der Waals surface area contributed by atoms with Crippen molar-refractivity contribution in [2.24, 2.45) is 5.92 Å².